The van der Waals surface area contributed by atoms with Gasteiger partial charge in [0.2, 0.25) is 10.0 Å². The molecule has 2 N–H and O–H groups in total. The number of ether oxygens (including phenoxy) is 1. The molecule has 0 saturated carbocycles. The summed E-state index contributed by atoms with van der Waals surface area (Å²) in [5.41, 5.74) is 3.97. The van der Waals surface area contributed by atoms with Crippen LogP contribution in [0.5, 0.6) is 5.75 Å². The zero-order chi connectivity index (χ0) is 24.7. The average molecular weight is 487 g/mol. The Hall–Kier alpha value is -3.94. The monoisotopic (exact) mass is 486 g/mol. The lowest BCUT2D eigenvalue weighted by molar-refractivity contribution is 0.0951. The van der Waals surface area contributed by atoms with Gasteiger partial charge in [0.05, 0.1) is 12.0 Å². The van der Waals surface area contributed by atoms with Crippen molar-refractivity contribution < 1.29 is 17.9 Å². The minimum atomic E-state index is -3.64. The molecule has 0 aliphatic rings. The molecule has 6 nitrogen and oxygen atoms in total. The van der Waals surface area contributed by atoms with E-state index in [0.29, 0.717) is 12.1 Å². The highest BCUT2D eigenvalue weighted by molar-refractivity contribution is 7.89. The highest BCUT2D eigenvalue weighted by Crippen LogP contribution is 2.23. The van der Waals surface area contributed by atoms with Gasteiger partial charge < -0.3 is 10.1 Å². The fourth-order valence-electron chi connectivity index (χ4n) is 3.59. The lowest BCUT2D eigenvalue weighted by Gasteiger charge is -2.10. The summed E-state index contributed by atoms with van der Waals surface area (Å²) >= 11 is 0. The standard InChI is InChI=1S/C28H26N2O4S/c1-34-26-12-5-9-22(17-26)19-29-28(31)25-11-6-10-24(18-25)23-13-15-27(16-14-23)35(32,33)30-20-21-7-3-2-4-8-21/h2-18,30H,19-20H2,1H3,(H,29,31). The van der Waals surface area contributed by atoms with Crippen LogP contribution in [0.2, 0.25) is 0 Å². The molecule has 0 radical (unpaired) electrons. The molecular weight excluding hydrogens is 460 g/mol. The smallest absolute Gasteiger partial charge is 0.251 e. The van der Waals surface area contributed by atoms with E-state index in [-0.39, 0.29) is 17.3 Å². The number of hydrogen-bond acceptors (Lipinski definition) is 4. The van der Waals surface area contributed by atoms with Gasteiger partial charge in [0.15, 0.2) is 0 Å². The van der Waals surface area contributed by atoms with Gasteiger partial charge in [-0.1, -0.05) is 66.7 Å². The Morgan fingerprint density at radius 3 is 2.20 bits per heavy atom. The van der Waals surface area contributed by atoms with Gasteiger partial charge in [0.25, 0.3) is 5.91 Å². The van der Waals surface area contributed by atoms with Gasteiger partial charge >= 0.3 is 0 Å². The van der Waals surface area contributed by atoms with E-state index in [9.17, 15) is 13.2 Å². The largest absolute Gasteiger partial charge is 0.497 e. The van der Waals surface area contributed by atoms with Gasteiger partial charge in [-0.05, 0) is 58.7 Å². The van der Waals surface area contributed by atoms with E-state index in [4.69, 9.17) is 4.74 Å². The molecule has 0 atom stereocenters. The highest BCUT2D eigenvalue weighted by Gasteiger charge is 2.14. The van der Waals surface area contributed by atoms with E-state index >= 15 is 0 Å². The number of carbonyl (C=O) groups excluding carboxylic acids is 1. The summed E-state index contributed by atoms with van der Waals surface area (Å²) in [6.45, 7) is 0.598. The Kier molecular flexibility index (Phi) is 7.60. The van der Waals surface area contributed by atoms with Crippen LogP contribution in [0.25, 0.3) is 11.1 Å². The molecule has 1 amide bonds. The van der Waals surface area contributed by atoms with Crippen LogP contribution in [0.15, 0.2) is 108 Å². The van der Waals surface area contributed by atoms with Gasteiger partial charge in [-0.2, -0.15) is 0 Å². The van der Waals surface area contributed by atoms with Crippen molar-refractivity contribution in [1.82, 2.24) is 10.0 Å². The van der Waals surface area contributed by atoms with E-state index in [0.717, 1.165) is 28.0 Å². The number of hydrogen-bond donors (Lipinski definition) is 2. The second-order valence-corrected chi connectivity index (χ2v) is 9.72. The lowest BCUT2D eigenvalue weighted by atomic mass is 10.0. The molecule has 178 valence electrons. The minimum Gasteiger partial charge on any atom is -0.497 e. The normalized spacial score (nSPS) is 11.1. The first kappa shape index (κ1) is 24.2. The van der Waals surface area contributed by atoms with Crippen LogP contribution < -0.4 is 14.8 Å². The molecule has 0 heterocycles. The molecule has 4 aromatic rings. The van der Waals surface area contributed by atoms with Gasteiger partial charge in [0.1, 0.15) is 5.75 Å². The van der Waals surface area contributed by atoms with Crippen LogP contribution in [0.4, 0.5) is 0 Å². The molecule has 0 bridgehead atoms. The molecule has 4 rings (SSSR count). The van der Waals surface area contributed by atoms with Gasteiger partial charge in [0, 0.05) is 18.7 Å². The van der Waals surface area contributed by atoms with Crippen LogP contribution in [-0.2, 0) is 23.1 Å². The molecular formula is C28H26N2O4S. The van der Waals surface area contributed by atoms with Crippen LogP contribution in [-0.4, -0.2) is 21.4 Å². The number of methoxy groups -OCH3 is 1. The second kappa shape index (κ2) is 11.0. The molecule has 4 aromatic carbocycles. The maximum absolute atomic E-state index is 12.7. The summed E-state index contributed by atoms with van der Waals surface area (Å²) in [7, 11) is -2.04. The van der Waals surface area contributed by atoms with Crippen LogP contribution in [0.1, 0.15) is 21.5 Å². The maximum atomic E-state index is 12.7. The highest BCUT2D eigenvalue weighted by atomic mass is 32.2. The summed E-state index contributed by atoms with van der Waals surface area (Å²) < 4.78 is 33.1. The molecule has 7 heteroatoms. The quantitative estimate of drug-likeness (QED) is 0.357. The van der Waals surface area contributed by atoms with Gasteiger partial charge in [-0.3, -0.25) is 4.79 Å². The predicted octanol–water partition coefficient (Wildman–Crippen LogP) is 4.77. The number of benzene rings is 4. The Balaban J connectivity index is 1.42. The van der Waals surface area contributed by atoms with E-state index in [1.165, 1.54) is 0 Å². The molecule has 0 fully saturated rings. The van der Waals surface area contributed by atoms with E-state index < -0.39 is 10.0 Å². The van der Waals surface area contributed by atoms with Gasteiger partial charge in [-0.15, -0.1) is 0 Å². The Morgan fingerprint density at radius 1 is 0.743 bits per heavy atom. The first-order valence-corrected chi connectivity index (χ1v) is 12.6. The summed E-state index contributed by atoms with van der Waals surface area (Å²) in [6, 6.07) is 30.7. The zero-order valence-corrected chi connectivity index (χ0v) is 20.1. The van der Waals surface area contributed by atoms with Crippen molar-refractivity contribution in [3.05, 3.63) is 120 Å². The molecule has 0 unspecified atom stereocenters. The maximum Gasteiger partial charge on any atom is 0.251 e. The molecule has 0 aliphatic carbocycles. The first-order chi connectivity index (χ1) is 16.9. The third-order valence-electron chi connectivity index (χ3n) is 5.52. The summed E-state index contributed by atoms with van der Waals surface area (Å²) in [5, 5.41) is 2.92. The Bertz CT molecular complexity index is 1400. The fourth-order valence-corrected chi connectivity index (χ4v) is 4.61. The summed E-state index contributed by atoms with van der Waals surface area (Å²) in [6.07, 6.45) is 0. The lowest BCUT2D eigenvalue weighted by Crippen LogP contribution is -2.23. The molecule has 0 saturated heterocycles. The second-order valence-electron chi connectivity index (χ2n) is 7.95. The molecule has 0 aliphatic heterocycles. The Labute approximate surface area is 205 Å². The summed E-state index contributed by atoms with van der Waals surface area (Å²) in [5.74, 6) is 0.540. The minimum absolute atomic E-state index is 0.185. The number of carbonyl (C=O) groups is 1. The van der Waals surface area contributed by atoms with Crippen LogP contribution in [0, 0.1) is 0 Å². The van der Waals surface area contributed by atoms with Crippen molar-refractivity contribution in [2.75, 3.05) is 7.11 Å². The van der Waals surface area contributed by atoms with E-state index in [1.54, 1.807) is 43.5 Å². The number of rotatable bonds is 9. The van der Waals surface area contributed by atoms with Crippen molar-refractivity contribution >= 4 is 15.9 Å². The van der Waals surface area contributed by atoms with E-state index in [1.807, 2.05) is 66.7 Å². The van der Waals surface area contributed by atoms with E-state index in [2.05, 4.69) is 10.0 Å². The summed E-state index contributed by atoms with van der Waals surface area (Å²) in [4.78, 5) is 12.9. The fraction of sp³-hybridized carbons (Fsp3) is 0.107. The van der Waals surface area contributed by atoms with Crippen molar-refractivity contribution in [2.24, 2.45) is 0 Å². The first-order valence-electron chi connectivity index (χ1n) is 11.1. The molecule has 0 aromatic heterocycles. The number of amides is 1. The molecule has 0 spiro atoms. The van der Waals surface area contributed by atoms with Crippen molar-refractivity contribution in [1.29, 1.82) is 0 Å². The third kappa shape index (κ3) is 6.35. The molecule has 35 heavy (non-hydrogen) atoms. The zero-order valence-electron chi connectivity index (χ0n) is 19.3. The topological polar surface area (TPSA) is 84.5 Å². The number of sulfonamides is 1. The SMILES string of the molecule is COc1cccc(CNC(=O)c2cccc(-c3ccc(S(=O)(=O)NCc4ccccc4)cc3)c2)c1. The number of nitrogens with one attached hydrogen (secondary N) is 2. The van der Waals surface area contributed by atoms with Crippen LogP contribution in [0.3, 0.4) is 0 Å². The van der Waals surface area contributed by atoms with Crippen LogP contribution >= 0.6 is 0 Å². The Morgan fingerprint density at radius 2 is 1.46 bits per heavy atom. The third-order valence-corrected chi connectivity index (χ3v) is 6.94. The van der Waals surface area contributed by atoms with Crippen molar-refractivity contribution in [2.45, 2.75) is 18.0 Å². The van der Waals surface area contributed by atoms with Crippen molar-refractivity contribution in [3.8, 4) is 16.9 Å². The van der Waals surface area contributed by atoms with Gasteiger partial charge in [-0.25, -0.2) is 13.1 Å². The average Bonchev–Trinajstić information content (AvgIpc) is 2.91. The van der Waals surface area contributed by atoms with Crippen molar-refractivity contribution in [3.63, 3.8) is 0 Å². The predicted molar refractivity (Wildman–Crippen MR) is 137 cm³/mol.